The van der Waals surface area contributed by atoms with Crippen molar-refractivity contribution in [1.29, 1.82) is 0 Å². The highest BCUT2D eigenvalue weighted by Crippen LogP contribution is 2.28. The lowest BCUT2D eigenvalue weighted by Crippen LogP contribution is -2.10. The zero-order valence-electron chi connectivity index (χ0n) is 15.5. The number of benzene rings is 2. The number of hydrogen-bond acceptors (Lipinski definition) is 3. The lowest BCUT2D eigenvalue weighted by molar-refractivity contribution is 0.102. The average Bonchev–Trinajstić information content (AvgIpc) is 3.34. The number of carbonyl (C=O) groups excluding carboxylic acids is 1. The maximum absolute atomic E-state index is 12.7. The summed E-state index contributed by atoms with van der Waals surface area (Å²) >= 11 is 7.33. The molecule has 144 valence electrons. The second-order valence-electron chi connectivity index (χ2n) is 6.40. The molecule has 4 nitrogen and oxygen atoms in total. The predicted octanol–water partition coefficient (Wildman–Crippen LogP) is 6.55. The van der Waals surface area contributed by atoms with Crippen molar-refractivity contribution in [2.75, 3.05) is 5.32 Å². The molecule has 0 saturated carbocycles. The van der Waals surface area contributed by atoms with Crippen molar-refractivity contribution in [3.63, 3.8) is 0 Å². The Kier molecular flexibility index (Phi) is 5.60. The van der Waals surface area contributed by atoms with Gasteiger partial charge in [0.25, 0.3) is 5.91 Å². The number of allylic oxidation sites excluding steroid dienone is 1. The Balaban J connectivity index is 1.60. The maximum atomic E-state index is 12.7. The van der Waals surface area contributed by atoms with Crippen molar-refractivity contribution in [2.24, 2.45) is 4.99 Å². The van der Waals surface area contributed by atoms with Crippen LogP contribution in [0.15, 0.2) is 83.8 Å². The fourth-order valence-electron chi connectivity index (χ4n) is 3.10. The van der Waals surface area contributed by atoms with Gasteiger partial charge in [0.2, 0.25) is 0 Å². The second kappa shape index (κ2) is 8.47. The van der Waals surface area contributed by atoms with Crippen molar-refractivity contribution < 1.29 is 4.79 Å². The van der Waals surface area contributed by atoms with Gasteiger partial charge in [0.05, 0.1) is 5.56 Å². The fraction of sp³-hybridized carbons (Fsp3) is 0.0435. The lowest BCUT2D eigenvalue weighted by atomic mass is 10.2. The van der Waals surface area contributed by atoms with Gasteiger partial charge in [-0.25, -0.2) is 4.99 Å². The minimum absolute atomic E-state index is 0.199. The van der Waals surface area contributed by atoms with Crippen molar-refractivity contribution in [1.82, 2.24) is 4.57 Å². The van der Waals surface area contributed by atoms with Crippen LogP contribution < -0.4 is 5.32 Å². The summed E-state index contributed by atoms with van der Waals surface area (Å²) in [5.41, 5.74) is 3.35. The normalized spacial score (nSPS) is 11.2. The molecule has 0 fully saturated rings. The van der Waals surface area contributed by atoms with Gasteiger partial charge in [0.15, 0.2) is 0 Å². The maximum Gasteiger partial charge on any atom is 0.258 e. The smallest absolute Gasteiger partial charge is 0.258 e. The number of anilines is 1. The van der Waals surface area contributed by atoms with E-state index < -0.39 is 0 Å². The molecule has 1 N–H and O–H groups in total. The van der Waals surface area contributed by atoms with Crippen LogP contribution in [-0.2, 0) is 6.54 Å². The number of nitrogens with one attached hydrogen (secondary N) is 1. The van der Waals surface area contributed by atoms with Crippen LogP contribution in [0.3, 0.4) is 0 Å². The van der Waals surface area contributed by atoms with E-state index in [1.807, 2.05) is 29.8 Å². The number of para-hydroxylation sites is 1. The summed E-state index contributed by atoms with van der Waals surface area (Å²) < 4.78 is 2.13. The molecule has 0 bridgehead atoms. The molecule has 4 aromatic rings. The summed E-state index contributed by atoms with van der Waals surface area (Å²) in [4.78, 5) is 17.3. The molecule has 1 amide bonds. The summed E-state index contributed by atoms with van der Waals surface area (Å²) in [6.07, 6.45) is 5.73. The van der Waals surface area contributed by atoms with Gasteiger partial charge in [-0.3, -0.25) is 4.79 Å². The molecule has 2 aromatic heterocycles. The van der Waals surface area contributed by atoms with Gasteiger partial charge in [-0.1, -0.05) is 35.9 Å². The van der Waals surface area contributed by atoms with E-state index in [-0.39, 0.29) is 5.91 Å². The van der Waals surface area contributed by atoms with Crippen molar-refractivity contribution >= 4 is 56.7 Å². The molecule has 0 spiro atoms. The topological polar surface area (TPSA) is 46.4 Å². The van der Waals surface area contributed by atoms with E-state index >= 15 is 0 Å². The zero-order chi connectivity index (χ0) is 20.2. The highest BCUT2D eigenvalue weighted by atomic mass is 35.5. The fourth-order valence-corrected chi connectivity index (χ4v) is 3.96. The third kappa shape index (κ3) is 4.16. The first kappa shape index (κ1) is 19.2. The Morgan fingerprint density at radius 3 is 2.76 bits per heavy atom. The van der Waals surface area contributed by atoms with Crippen LogP contribution in [-0.4, -0.2) is 16.7 Å². The average molecular weight is 420 g/mol. The highest BCUT2D eigenvalue weighted by molar-refractivity contribution is 7.14. The van der Waals surface area contributed by atoms with Crippen LogP contribution in [0.5, 0.6) is 0 Å². The van der Waals surface area contributed by atoms with Crippen LogP contribution in [0.4, 0.5) is 10.7 Å². The van der Waals surface area contributed by atoms with Gasteiger partial charge in [-0.2, -0.15) is 0 Å². The first-order valence-electron chi connectivity index (χ1n) is 9.03. The number of halogens is 1. The van der Waals surface area contributed by atoms with Crippen molar-refractivity contribution in [2.45, 2.75) is 6.54 Å². The number of rotatable bonds is 6. The molecule has 0 radical (unpaired) electrons. The number of carbonyl (C=O) groups is 1. The Morgan fingerprint density at radius 2 is 1.97 bits per heavy atom. The molecule has 0 aliphatic rings. The number of hydrogen-bond donors (Lipinski definition) is 1. The summed E-state index contributed by atoms with van der Waals surface area (Å²) in [5, 5.41) is 7.15. The lowest BCUT2D eigenvalue weighted by Gasteiger charge is -2.04. The second-order valence-corrected chi connectivity index (χ2v) is 7.73. The van der Waals surface area contributed by atoms with Gasteiger partial charge in [0.1, 0.15) is 5.00 Å². The Bertz CT molecular complexity index is 1200. The molecule has 0 aliphatic heterocycles. The molecule has 29 heavy (non-hydrogen) atoms. The number of aromatic nitrogens is 1. The first-order chi connectivity index (χ1) is 14.2. The van der Waals surface area contributed by atoms with Crippen LogP contribution in [0.2, 0.25) is 5.02 Å². The quantitative estimate of drug-likeness (QED) is 0.279. The Morgan fingerprint density at radius 1 is 1.17 bits per heavy atom. The predicted molar refractivity (Wildman–Crippen MR) is 123 cm³/mol. The Labute approximate surface area is 177 Å². The minimum atomic E-state index is -0.199. The molecule has 0 atom stereocenters. The van der Waals surface area contributed by atoms with Crippen LogP contribution in [0.1, 0.15) is 15.9 Å². The summed E-state index contributed by atoms with van der Waals surface area (Å²) in [7, 11) is 0. The van der Waals surface area contributed by atoms with Crippen molar-refractivity contribution in [3.8, 4) is 0 Å². The first-order valence-corrected chi connectivity index (χ1v) is 10.3. The standard InChI is InChI=1S/C23H18ClN3OS/c1-2-12-27-15-16(19-5-3-4-6-21(19)27)14-25-23-20(11-13-29-23)22(28)26-18-9-7-17(24)8-10-18/h2-11,13-15H,1,12H2,(H,26,28). The molecule has 0 saturated heterocycles. The molecular formula is C23H18ClN3OS. The van der Waals surface area contributed by atoms with Gasteiger partial charge in [-0.15, -0.1) is 17.9 Å². The monoisotopic (exact) mass is 419 g/mol. The van der Waals surface area contributed by atoms with Gasteiger partial charge in [0, 0.05) is 46.1 Å². The molecule has 2 heterocycles. The minimum Gasteiger partial charge on any atom is -0.343 e. The van der Waals surface area contributed by atoms with Gasteiger partial charge >= 0.3 is 0 Å². The third-order valence-corrected chi connectivity index (χ3v) is 5.53. The van der Waals surface area contributed by atoms with Crippen LogP contribution >= 0.6 is 22.9 Å². The third-order valence-electron chi connectivity index (χ3n) is 4.46. The largest absolute Gasteiger partial charge is 0.343 e. The van der Waals surface area contributed by atoms with Crippen LogP contribution in [0, 0.1) is 0 Å². The number of aliphatic imine (C=N–C) groups is 1. The molecule has 4 rings (SSSR count). The molecule has 2 aromatic carbocycles. The van der Waals surface area contributed by atoms with Gasteiger partial charge < -0.3 is 9.88 Å². The van der Waals surface area contributed by atoms with E-state index in [2.05, 4.69) is 39.8 Å². The molecular weight excluding hydrogens is 402 g/mol. The van der Waals surface area contributed by atoms with Gasteiger partial charge in [-0.05, 0) is 41.8 Å². The number of fused-ring (bicyclic) bond motifs is 1. The summed E-state index contributed by atoms with van der Waals surface area (Å²) in [6.45, 7) is 4.55. The summed E-state index contributed by atoms with van der Waals surface area (Å²) in [5.74, 6) is -0.199. The van der Waals surface area contributed by atoms with E-state index in [4.69, 9.17) is 11.6 Å². The van der Waals surface area contributed by atoms with Crippen LogP contribution in [0.25, 0.3) is 10.9 Å². The molecule has 6 heteroatoms. The Hall–Kier alpha value is -3.15. The number of nitrogens with zero attached hydrogens (tertiary/aromatic N) is 2. The zero-order valence-corrected chi connectivity index (χ0v) is 17.1. The molecule has 0 aliphatic carbocycles. The van der Waals surface area contributed by atoms with E-state index in [9.17, 15) is 4.79 Å². The number of thiophene rings is 1. The highest BCUT2D eigenvalue weighted by Gasteiger charge is 2.13. The van der Waals surface area contributed by atoms with E-state index in [1.54, 1.807) is 30.3 Å². The number of amides is 1. The van der Waals surface area contributed by atoms with E-state index in [0.717, 1.165) is 23.0 Å². The summed E-state index contributed by atoms with van der Waals surface area (Å²) in [6, 6.07) is 17.0. The SMILES string of the molecule is C=CCn1cc(C=Nc2sccc2C(=O)Nc2ccc(Cl)cc2)c2ccccc21. The van der Waals surface area contributed by atoms with E-state index in [0.29, 0.717) is 21.3 Å². The molecule has 0 unspecified atom stereocenters. The van der Waals surface area contributed by atoms with E-state index in [1.165, 1.54) is 11.3 Å². The van der Waals surface area contributed by atoms with Crippen molar-refractivity contribution in [3.05, 3.63) is 95.0 Å².